The lowest BCUT2D eigenvalue weighted by Crippen LogP contribution is -2.46. The molecule has 0 amide bonds. The molecule has 0 bridgehead atoms. The number of anilines is 1. The third kappa shape index (κ3) is 3.93. The fourth-order valence-corrected chi connectivity index (χ4v) is 3.71. The Hall–Kier alpha value is -2.53. The number of nitrogens with zero attached hydrogens (tertiary/aromatic N) is 2. The highest BCUT2D eigenvalue weighted by Crippen LogP contribution is 2.32. The van der Waals surface area contributed by atoms with Gasteiger partial charge in [0, 0.05) is 38.4 Å². The minimum Gasteiger partial charge on any atom is -0.369 e. The zero-order valence-electron chi connectivity index (χ0n) is 14.9. The lowest BCUT2D eigenvalue weighted by molar-refractivity contribution is -0.137. The van der Waals surface area contributed by atoms with Crippen LogP contribution in [-0.4, -0.2) is 31.1 Å². The summed E-state index contributed by atoms with van der Waals surface area (Å²) in [6.45, 7) is 3.98. The molecule has 1 aliphatic rings. The van der Waals surface area contributed by atoms with Crippen LogP contribution >= 0.6 is 0 Å². The molecule has 0 radical (unpaired) electrons. The third-order valence-corrected chi connectivity index (χ3v) is 5.18. The molecule has 3 aromatic rings. The van der Waals surface area contributed by atoms with Crippen molar-refractivity contribution in [2.75, 3.05) is 31.1 Å². The second-order valence-corrected chi connectivity index (χ2v) is 6.95. The Kier molecular flexibility index (Phi) is 4.79. The first-order chi connectivity index (χ1) is 13.0. The number of benzene rings is 3. The lowest BCUT2D eigenvalue weighted by atomic mass is 10.0. The van der Waals surface area contributed by atoms with Crippen molar-refractivity contribution in [3.63, 3.8) is 0 Å². The van der Waals surface area contributed by atoms with E-state index in [0.29, 0.717) is 5.69 Å². The van der Waals surface area contributed by atoms with Gasteiger partial charge in [0.05, 0.1) is 5.56 Å². The highest BCUT2D eigenvalue weighted by atomic mass is 19.4. The zero-order valence-corrected chi connectivity index (χ0v) is 14.9. The van der Waals surface area contributed by atoms with Gasteiger partial charge >= 0.3 is 6.18 Å². The van der Waals surface area contributed by atoms with E-state index in [1.54, 1.807) is 6.07 Å². The van der Waals surface area contributed by atoms with Crippen molar-refractivity contribution in [2.24, 2.45) is 0 Å². The molecule has 1 fully saturated rings. The fourth-order valence-electron chi connectivity index (χ4n) is 3.71. The summed E-state index contributed by atoms with van der Waals surface area (Å²) in [6, 6.07) is 20.3. The molecule has 1 heterocycles. The summed E-state index contributed by atoms with van der Waals surface area (Å²) >= 11 is 0. The molecule has 0 unspecified atom stereocenters. The predicted molar refractivity (Wildman–Crippen MR) is 103 cm³/mol. The maximum atomic E-state index is 12.9. The van der Waals surface area contributed by atoms with Crippen LogP contribution in [0.1, 0.15) is 11.1 Å². The SMILES string of the molecule is FC(F)(F)c1cccc(N2CCN(Cc3cccc4ccccc34)CC2)c1. The minimum absolute atomic E-state index is 0.585. The van der Waals surface area contributed by atoms with Gasteiger partial charge in [-0.1, -0.05) is 48.5 Å². The number of alkyl halides is 3. The molecule has 0 N–H and O–H groups in total. The van der Waals surface area contributed by atoms with Gasteiger partial charge in [0.2, 0.25) is 0 Å². The number of halogens is 3. The average molecular weight is 370 g/mol. The molecule has 27 heavy (non-hydrogen) atoms. The van der Waals surface area contributed by atoms with Gasteiger partial charge in [0.15, 0.2) is 0 Å². The maximum absolute atomic E-state index is 12.9. The molecule has 0 atom stereocenters. The van der Waals surface area contributed by atoms with Crippen LogP contribution in [-0.2, 0) is 12.7 Å². The molecule has 0 aromatic heterocycles. The number of hydrogen-bond donors (Lipinski definition) is 0. The Balaban J connectivity index is 1.43. The van der Waals surface area contributed by atoms with Gasteiger partial charge in [-0.3, -0.25) is 4.90 Å². The third-order valence-electron chi connectivity index (χ3n) is 5.18. The lowest BCUT2D eigenvalue weighted by Gasteiger charge is -2.36. The molecule has 0 saturated carbocycles. The van der Waals surface area contributed by atoms with Crippen LogP contribution in [0, 0.1) is 0 Å². The summed E-state index contributed by atoms with van der Waals surface area (Å²) in [5.41, 5.74) is 1.36. The monoisotopic (exact) mass is 370 g/mol. The first-order valence-electron chi connectivity index (χ1n) is 9.12. The van der Waals surface area contributed by atoms with Gasteiger partial charge in [0.25, 0.3) is 0 Å². The molecular formula is C22H21F3N2. The number of hydrogen-bond acceptors (Lipinski definition) is 2. The Labute approximate surface area is 156 Å². The van der Waals surface area contributed by atoms with E-state index in [1.165, 1.54) is 28.5 Å². The van der Waals surface area contributed by atoms with Crippen LogP contribution in [0.4, 0.5) is 18.9 Å². The largest absolute Gasteiger partial charge is 0.416 e. The molecule has 3 aromatic carbocycles. The summed E-state index contributed by atoms with van der Waals surface area (Å²) in [5.74, 6) is 0. The van der Waals surface area contributed by atoms with E-state index >= 15 is 0 Å². The fraction of sp³-hybridized carbons (Fsp3) is 0.273. The average Bonchev–Trinajstić information content (AvgIpc) is 2.68. The quantitative estimate of drug-likeness (QED) is 0.627. The van der Waals surface area contributed by atoms with E-state index in [0.717, 1.165) is 38.8 Å². The van der Waals surface area contributed by atoms with Gasteiger partial charge in [-0.25, -0.2) is 0 Å². The molecule has 140 valence electrons. The van der Waals surface area contributed by atoms with E-state index < -0.39 is 11.7 Å². The van der Waals surface area contributed by atoms with Crippen LogP contribution in [0.3, 0.4) is 0 Å². The highest BCUT2D eigenvalue weighted by molar-refractivity contribution is 5.85. The molecular weight excluding hydrogens is 349 g/mol. The van der Waals surface area contributed by atoms with Crippen molar-refractivity contribution in [1.29, 1.82) is 0 Å². The van der Waals surface area contributed by atoms with E-state index in [2.05, 4.69) is 41.3 Å². The van der Waals surface area contributed by atoms with Crippen LogP contribution < -0.4 is 4.90 Å². The van der Waals surface area contributed by atoms with Crippen molar-refractivity contribution in [2.45, 2.75) is 12.7 Å². The van der Waals surface area contributed by atoms with Crippen molar-refractivity contribution < 1.29 is 13.2 Å². The second-order valence-electron chi connectivity index (χ2n) is 6.95. The molecule has 1 saturated heterocycles. The molecule has 0 spiro atoms. The van der Waals surface area contributed by atoms with Crippen molar-refractivity contribution in [3.8, 4) is 0 Å². The Morgan fingerprint density at radius 3 is 2.26 bits per heavy atom. The summed E-state index contributed by atoms with van der Waals surface area (Å²) < 4.78 is 38.8. The van der Waals surface area contributed by atoms with Crippen molar-refractivity contribution in [3.05, 3.63) is 77.9 Å². The summed E-state index contributed by atoms with van der Waals surface area (Å²) in [7, 11) is 0. The van der Waals surface area contributed by atoms with E-state index in [1.807, 2.05) is 11.0 Å². The number of fused-ring (bicyclic) bond motifs is 1. The summed E-state index contributed by atoms with van der Waals surface area (Å²) in [6.07, 6.45) is -4.30. The smallest absolute Gasteiger partial charge is 0.369 e. The van der Waals surface area contributed by atoms with Crippen LogP contribution in [0.2, 0.25) is 0 Å². The van der Waals surface area contributed by atoms with Gasteiger partial charge < -0.3 is 4.90 Å². The van der Waals surface area contributed by atoms with Crippen LogP contribution in [0.15, 0.2) is 66.7 Å². The number of rotatable bonds is 3. The first kappa shape index (κ1) is 17.9. The Bertz CT molecular complexity index is 923. The maximum Gasteiger partial charge on any atom is 0.416 e. The Morgan fingerprint density at radius 1 is 0.778 bits per heavy atom. The number of piperazine rings is 1. The summed E-state index contributed by atoms with van der Waals surface area (Å²) in [4.78, 5) is 4.40. The van der Waals surface area contributed by atoms with E-state index in [4.69, 9.17) is 0 Å². The predicted octanol–water partition coefficient (Wildman–Crippen LogP) is 5.18. The van der Waals surface area contributed by atoms with E-state index in [-0.39, 0.29) is 0 Å². The second kappa shape index (κ2) is 7.24. The minimum atomic E-state index is -4.30. The van der Waals surface area contributed by atoms with Crippen LogP contribution in [0.5, 0.6) is 0 Å². The molecule has 0 aliphatic carbocycles. The zero-order chi connectivity index (χ0) is 18.9. The van der Waals surface area contributed by atoms with Gasteiger partial charge in [-0.2, -0.15) is 13.2 Å². The van der Waals surface area contributed by atoms with Crippen molar-refractivity contribution in [1.82, 2.24) is 4.90 Å². The standard InChI is InChI=1S/C22H21F3N2/c23-22(24,25)19-8-4-9-20(15-19)27-13-11-26(12-14-27)16-18-7-3-6-17-5-1-2-10-21(17)18/h1-10,15H,11-14,16H2. The summed E-state index contributed by atoms with van der Waals surface area (Å²) in [5, 5.41) is 2.50. The normalized spacial score (nSPS) is 16.0. The molecule has 2 nitrogen and oxygen atoms in total. The molecule has 5 heteroatoms. The van der Waals surface area contributed by atoms with Crippen molar-refractivity contribution >= 4 is 16.5 Å². The van der Waals surface area contributed by atoms with Crippen LogP contribution in [0.25, 0.3) is 10.8 Å². The highest BCUT2D eigenvalue weighted by Gasteiger charge is 2.31. The van der Waals surface area contributed by atoms with Gasteiger partial charge in [-0.05, 0) is 34.5 Å². The van der Waals surface area contributed by atoms with E-state index in [9.17, 15) is 13.2 Å². The van der Waals surface area contributed by atoms with Gasteiger partial charge in [0.1, 0.15) is 0 Å². The van der Waals surface area contributed by atoms with Gasteiger partial charge in [-0.15, -0.1) is 0 Å². The first-order valence-corrected chi connectivity index (χ1v) is 9.12. The molecule has 4 rings (SSSR count). The molecule has 1 aliphatic heterocycles. The Morgan fingerprint density at radius 2 is 1.48 bits per heavy atom. The topological polar surface area (TPSA) is 6.48 Å².